The van der Waals surface area contributed by atoms with E-state index < -0.39 is 5.97 Å². The Bertz CT molecular complexity index is 1100. The summed E-state index contributed by atoms with van der Waals surface area (Å²) >= 11 is 12.0. The van der Waals surface area contributed by atoms with Crippen LogP contribution >= 0.6 is 23.2 Å². The number of halogens is 2. The van der Waals surface area contributed by atoms with Gasteiger partial charge in [0.2, 0.25) is 5.90 Å². The molecule has 144 valence electrons. The lowest BCUT2D eigenvalue weighted by Crippen LogP contribution is -2.05. The molecule has 29 heavy (non-hydrogen) atoms. The molecule has 3 aromatic rings. The largest absolute Gasteiger partial charge is 0.489 e. The van der Waals surface area contributed by atoms with Gasteiger partial charge in [0.15, 0.2) is 5.70 Å². The molecule has 1 aliphatic heterocycles. The van der Waals surface area contributed by atoms with E-state index in [1.807, 2.05) is 54.6 Å². The molecule has 3 aromatic carbocycles. The predicted octanol–water partition coefficient (Wildman–Crippen LogP) is 5.92. The number of carbonyl (C=O) groups excluding carboxylic acids is 1. The Morgan fingerprint density at radius 1 is 0.931 bits per heavy atom. The van der Waals surface area contributed by atoms with Crippen LogP contribution in [-0.2, 0) is 16.1 Å². The van der Waals surface area contributed by atoms with Crippen molar-refractivity contribution in [3.05, 3.63) is 105 Å². The van der Waals surface area contributed by atoms with Gasteiger partial charge >= 0.3 is 5.97 Å². The van der Waals surface area contributed by atoms with Gasteiger partial charge in [-0.3, -0.25) is 0 Å². The van der Waals surface area contributed by atoms with Gasteiger partial charge in [-0.05, 0) is 53.6 Å². The summed E-state index contributed by atoms with van der Waals surface area (Å²) in [4.78, 5) is 16.4. The van der Waals surface area contributed by atoms with Gasteiger partial charge in [-0.15, -0.1) is 0 Å². The van der Waals surface area contributed by atoms with E-state index >= 15 is 0 Å². The van der Waals surface area contributed by atoms with Gasteiger partial charge in [-0.25, -0.2) is 9.79 Å². The Hall–Kier alpha value is -3.08. The van der Waals surface area contributed by atoms with Gasteiger partial charge in [-0.2, -0.15) is 0 Å². The van der Waals surface area contributed by atoms with Crippen molar-refractivity contribution >= 4 is 41.1 Å². The molecule has 0 amide bonds. The molecule has 4 rings (SSSR count). The molecule has 1 aliphatic rings. The summed E-state index contributed by atoms with van der Waals surface area (Å²) < 4.78 is 11.0. The summed E-state index contributed by atoms with van der Waals surface area (Å²) in [5.41, 5.74) is 2.63. The van der Waals surface area contributed by atoms with E-state index in [4.69, 9.17) is 32.7 Å². The molecular weight excluding hydrogens is 409 g/mol. The highest BCUT2D eigenvalue weighted by molar-refractivity contribution is 6.34. The van der Waals surface area contributed by atoms with E-state index in [1.54, 1.807) is 24.3 Å². The second-order valence-electron chi connectivity index (χ2n) is 6.30. The van der Waals surface area contributed by atoms with E-state index in [0.717, 1.165) is 16.9 Å². The first-order chi connectivity index (χ1) is 14.1. The average molecular weight is 424 g/mol. The maximum Gasteiger partial charge on any atom is 0.363 e. The van der Waals surface area contributed by atoms with E-state index in [2.05, 4.69) is 4.99 Å². The van der Waals surface area contributed by atoms with Gasteiger partial charge in [0.1, 0.15) is 12.4 Å². The first-order valence-electron chi connectivity index (χ1n) is 8.83. The van der Waals surface area contributed by atoms with Crippen molar-refractivity contribution in [3.8, 4) is 5.75 Å². The lowest BCUT2D eigenvalue weighted by molar-refractivity contribution is -0.129. The van der Waals surface area contributed by atoms with Crippen LogP contribution in [0.3, 0.4) is 0 Å². The SMILES string of the molecule is O=C1OC(c2ccccc2Cl)=N/C1=C/c1ccc(OCc2ccc(Cl)cc2)cc1. The van der Waals surface area contributed by atoms with Crippen LogP contribution in [0.4, 0.5) is 0 Å². The summed E-state index contributed by atoms with van der Waals surface area (Å²) in [6, 6.07) is 21.9. The van der Waals surface area contributed by atoms with Crippen molar-refractivity contribution in [2.24, 2.45) is 4.99 Å². The molecular formula is C23H15Cl2NO3. The standard InChI is InChI=1S/C23H15Cl2NO3/c24-17-9-5-16(6-10-17)14-28-18-11-7-15(8-12-18)13-21-23(27)29-22(26-21)19-3-1-2-4-20(19)25/h1-13H,14H2/b21-13+. The van der Waals surface area contributed by atoms with Gasteiger partial charge < -0.3 is 9.47 Å². The number of esters is 1. The van der Waals surface area contributed by atoms with Crippen molar-refractivity contribution in [3.63, 3.8) is 0 Å². The molecule has 0 spiro atoms. The third-order valence-corrected chi connectivity index (χ3v) is 4.81. The van der Waals surface area contributed by atoms with Gasteiger partial charge in [-0.1, -0.05) is 59.6 Å². The van der Waals surface area contributed by atoms with Crippen LogP contribution in [0.5, 0.6) is 5.75 Å². The zero-order valence-electron chi connectivity index (χ0n) is 15.1. The van der Waals surface area contributed by atoms with E-state index in [9.17, 15) is 4.79 Å². The molecule has 0 saturated carbocycles. The minimum absolute atomic E-state index is 0.203. The highest BCUT2D eigenvalue weighted by atomic mass is 35.5. The second-order valence-corrected chi connectivity index (χ2v) is 7.14. The van der Waals surface area contributed by atoms with Crippen molar-refractivity contribution < 1.29 is 14.3 Å². The van der Waals surface area contributed by atoms with Gasteiger partial charge in [0, 0.05) is 5.02 Å². The lowest BCUT2D eigenvalue weighted by Gasteiger charge is -2.06. The molecule has 0 bridgehead atoms. The molecule has 0 saturated heterocycles. The van der Waals surface area contributed by atoms with Crippen LogP contribution in [0, 0.1) is 0 Å². The average Bonchev–Trinajstić information content (AvgIpc) is 3.09. The molecule has 0 N–H and O–H groups in total. The predicted molar refractivity (Wildman–Crippen MR) is 114 cm³/mol. The Kier molecular flexibility index (Phi) is 5.65. The molecule has 0 unspecified atom stereocenters. The van der Waals surface area contributed by atoms with Gasteiger partial charge in [0.05, 0.1) is 10.6 Å². The zero-order chi connectivity index (χ0) is 20.2. The number of hydrogen-bond donors (Lipinski definition) is 0. The topological polar surface area (TPSA) is 47.9 Å². The minimum Gasteiger partial charge on any atom is -0.489 e. The summed E-state index contributed by atoms with van der Waals surface area (Å²) in [7, 11) is 0. The molecule has 1 heterocycles. The van der Waals surface area contributed by atoms with Crippen LogP contribution in [0.25, 0.3) is 6.08 Å². The van der Waals surface area contributed by atoms with Crippen molar-refractivity contribution in [1.29, 1.82) is 0 Å². The van der Waals surface area contributed by atoms with E-state index in [0.29, 0.717) is 22.2 Å². The molecule has 0 fully saturated rings. The number of cyclic esters (lactones) is 1. The fraction of sp³-hybridized carbons (Fsp3) is 0.0435. The fourth-order valence-corrected chi connectivity index (χ4v) is 3.07. The molecule has 6 heteroatoms. The second kappa shape index (κ2) is 8.52. The molecule has 0 aromatic heterocycles. The van der Waals surface area contributed by atoms with Crippen LogP contribution in [-0.4, -0.2) is 11.9 Å². The number of rotatable bonds is 5. The summed E-state index contributed by atoms with van der Waals surface area (Å²) in [6.07, 6.45) is 1.66. The molecule has 4 nitrogen and oxygen atoms in total. The van der Waals surface area contributed by atoms with Crippen molar-refractivity contribution in [1.82, 2.24) is 0 Å². The van der Waals surface area contributed by atoms with Crippen LogP contribution < -0.4 is 4.74 Å². The van der Waals surface area contributed by atoms with Gasteiger partial charge in [0.25, 0.3) is 0 Å². The maximum atomic E-state index is 12.1. The van der Waals surface area contributed by atoms with Crippen LogP contribution in [0.15, 0.2) is 83.5 Å². The molecule has 0 atom stereocenters. The van der Waals surface area contributed by atoms with E-state index in [1.165, 1.54) is 0 Å². The third-order valence-electron chi connectivity index (χ3n) is 4.23. The van der Waals surface area contributed by atoms with Crippen molar-refractivity contribution in [2.45, 2.75) is 6.61 Å². The third kappa shape index (κ3) is 4.67. The Balaban J connectivity index is 1.46. The highest BCUT2D eigenvalue weighted by Crippen LogP contribution is 2.24. The number of hydrogen-bond acceptors (Lipinski definition) is 4. The normalized spacial score (nSPS) is 14.6. The number of ether oxygens (including phenoxy) is 2. The fourth-order valence-electron chi connectivity index (χ4n) is 2.72. The smallest absolute Gasteiger partial charge is 0.363 e. The number of carbonyl (C=O) groups is 1. The van der Waals surface area contributed by atoms with E-state index in [-0.39, 0.29) is 11.6 Å². The minimum atomic E-state index is -0.511. The number of nitrogens with zero attached hydrogens (tertiary/aromatic N) is 1. The highest BCUT2D eigenvalue weighted by Gasteiger charge is 2.25. The number of benzene rings is 3. The summed E-state index contributed by atoms with van der Waals surface area (Å²) in [6.45, 7) is 0.440. The Morgan fingerprint density at radius 3 is 2.38 bits per heavy atom. The number of aliphatic imine (C=N–C) groups is 1. The maximum absolute atomic E-state index is 12.1. The Labute approximate surface area is 178 Å². The first-order valence-corrected chi connectivity index (χ1v) is 9.59. The summed E-state index contributed by atoms with van der Waals surface area (Å²) in [5, 5.41) is 1.17. The zero-order valence-corrected chi connectivity index (χ0v) is 16.7. The lowest BCUT2D eigenvalue weighted by atomic mass is 10.2. The van der Waals surface area contributed by atoms with Crippen LogP contribution in [0.2, 0.25) is 10.0 Å². The molecule has 0 aliphatic carbocycles. The first kappa shape index (κ1) is 19.2. The van der Waals surface area contributed by atoms with Crippen molar-refractivity contribution in [2.75, 3.05) is 0 Å². The molecule has 0 radical (unpaired) electrons. The van der Waals surface area contributed by atoms with Crippen LogP contribution in [0.1, 0.15) is 16.7 Å². The quantitative estimate of drug-likeness (QED) is 0.378. The summed E-state index contributed by atoms with van der Waals surface area (Å²) in [5.74, 6) is 0.411. The monoisotopic (exact) mass is 423 g/mol. The Morgan fingerprint density at radius 2 is 1.66 bits per heavy atom.